The van der Waals surface area contributed by atoms with Crippen LogP contribution in [-0.2, 0) is 13.6 Å². The highest BCUT2D eigenvalue weighted by atomic mass is 16.4. The number of rotatable bonds is 5. The van der Waals surface area contributed by atoms with Gasteiger partial charge in [-0.1, -0.05) is 12.1 Å². The van der Waals surface area contributed by atoms with Crippen LogP contribution in [0.25, 0.3) is 11.1 Å². The maximum absolute atomic E-state index is 12.1. The summed E-state index contributed by atoms with van der Waals surface area (Å²) < 4.78 is 8.87. The second-order valence-corrected chi connectivity index (χ2v) is 7.01. The molecule has 3 heterocycles. The van der Waals surface area contributed by atoms with Crippen molar-refractivity contribution in [3.63, 3.8) is 0 Å². The first-order valence-corrected chi connectivity index (χ1v) is 9.09. The quantitative estimate of drug-likeness (QED) is 0.754. The van der Waals surface area contributed by atoms with Gasteiger partial charge in [-0.25, -0.2) is 9.78 Å². The minimum atomic E-state index is -0.516. The van der Waals surface area contributed by atoms with Crippen LogP contribution >= 0.6 is 0 Å². The number of hydrogen-bond acceptors (Lipinski definition) is 5. The van der Waals surface area contributed by atoms with E-state index in [4.69, 9.17) is 4.42 Å². The van der Waals surface area contributed by atoms with Gasteiger partial charge in [-0.05, 0) is 44.0 Å². The van der Waals surface area contributed by atoms with E-state index in [9.17, 15) is 9.90 Å². The molecule has 1 aliphatic rings. The van der Waals surface area contributed by atoms with Crippen LogP contribution in [0.2, 0.25) is 0 Å². The van der Waals surface area contributed by atoms with E-state index in [0.717, 1.165) is 43.8 Å². The minimum absolute atomic E-state index is 0.227. The van der Waals surface area contributed by atoms with Gasteiger partial charge in [0.25, 0.3) is 0 Å². The Hall–Kier alpha value is -2.38. The second kappa shape index (κ2) is 7.09. The molecule has 0 radical (unpaired) electrons. The smallest absolute Gasteiger partial charge is 0.408 e. The topological polar surface area (TPSA) is 76.4 Å². The summed E-state index contributed by atoms with van der Waals surface area (Å²) in [5.41, 5.74) is 1.48. The molecule has 1 atom stereocenters. The van der Waals surface area contributed by atoms with Gasteiger partial charge in [0, 0.05) is 32.5 Å². The zero-order valence-corrected chi connectivity index (χ0v) is 14.9. The number of hydrogen-bond donors (Lipinski definition) is 1. The number of nitrogens with zero attached hydrogens (tertiary/aromatic N) is 4. The van der Waals surface area contributed by atoms with Crippen LogP contribution in [0.4, 0.5) is 0 Å². The van der Waals surface area contributed by atoms with Gasteiger partial charge in [-0.15, -0.1) is 0 Å². The fraction of sp³-hybridized carbons (Fsp3) is 0.474. The molecule has 0 saturated carbocycles. The van der Waals surface area contributed by atoms with E-state index in [1.54, 1.807) is 10.8 Å². The van der Waals surface area contributed by atoms with E-state index in [2.05, 4.69) is 9.88 Å². The molecule has 1 aliphatic heterocycles. The molecule has 7 heteroatoms. The Bertz CT molecular complexity index is 934. The van der Waals surface area contributed by atoms with Crippen molar-refractivity contribution in [3.05, 3.63) is 53.0 Å². The number of aliphatic hydroxyl groups is 1. The number of aryl methyl sites for hydroxylation is 1. The highest BCUT2D eigenvalue weighted by Gasteiger charge is 2.28. The lowest BCUT2D eigenvalue weighted by Crippen LogP contribution is -2.38. The predicted molar refractivity (Wildman–Crippen MR) is 97.8 cm³/mol. The SMILES string of the molecule is Cn1ccnc1C(O)C1CCN(CCn2c(=O)oc3ccccc32)CC1. The summed E-state index contributed by atoms with van der Waals surface area (Å²) in [6.07, 6.45) is 4.92. The highest BCUT2D eigenvalue weighted by molar-refractivity contribution is 5.72. The van der Waals surface area contributed by atoms with Gasteiger partial charge in [0.1, 0.15) is 11.9 Å². The number of aliphatic hydroxyl groups excluding tert-OH is 1. The number of imidazole rings is 1. The molecule has 1 fully saturated rings. The minimum Gasteiger partial charge on any atom is -0.408 e. The van der Waals surface area contributed by atoms with Gasteiger partial charge in [0.2, 0.25) is 0 Å². The average Bonchev–Trinajstić information content (AvgIpc) is 3.22. The summed E-state index contributed by atoms with van der Waals surface area (Å²) in [4.78, 5) is 18.7. The van der Waals surface area contributed by atoms with Crippen LogP contribution in [0.1, 0.15) is 24.8 Å². The van der Waals surface area contributed by atoms with E-state index in [0.29, 0.717) is 12.1 Å². The summed E-state index contributed by atoms with van der Waals surface area (Å²) in [6.45, 7) is 3.24. The third-order valence-electron chi connectivity index (χ3n) is 5.42. The Morgan fingerprint density at radius 3 is 2.77 bits per heavy atom. The van der Waals surface area contributed by atoms with E-state index in [-0.39, 0.29) is 11.7 Å². The van der Waals surface area contributed by atoms with Gasteiger partial charge < -0.3 is 19.0 Å². The van der Waals surface area contributed by atoms with Gasteiger partial charge >= 0.3 is 5.76 Å². The van der Waals surface area contributed by atoms with Gasteiger partial charge in [0.05, 0.1) is 5.52 Å². The predicted octanol–water partition coefficient (Wildman–Crippen LogP) is 1.77. The number of benzene rings is 1. The summed E-state index contributed by atoms with van der Waals surface area (Å²) in [6, 6.07) is 7.51. The lowest BCUT2D eigenvalue weighted by Gasteiger charge is -2.33. The maximum atomic E-state index is 12.1. The van der Waals surface area contributed by atoms with Crippen molar-refractivity contribution in [1.82, 2.24) is 19.0 Å². The van der Waals surface area contributed by atoms with Crippen molar-refractivity contribution in [2.24, 2.45) is 13.0 Å². The molecule has 3 aromatic rings. The Morgan fingerprint density at radius 1 is 1.27 bits per heavy atom. The molecule has 2 aromatic heterocycles. The fourth-order valence-electron chi connectivity index (χ4n) is 3.83. The van der Waals surface area contributed by atoms with Gasteiger partial charge in [0.15, 0.2) is 5.58 Å². The van der Waals surface area contributed by atoms with Crippen molar-refractivity contribution >= 4 is 11.1 Å². The molecule has 4 rings (SSSR count). The van der Waals surface area contributed by atoms with E-state index in [1.165, 1.54) is 0 Å². The lowest BCUT2D eigenvalue weighted by molar-refractivity contribution is 0.0503. The Balaban J connectivity index is 1.35. The fourth-order valence-corrected chi connectivity index (χ4v) is 3.83. The van der Waals surface area contributed by atoms with E-state index in [1.807, 2.05) is 42.1 Å². The lowest BCUT2D eigenvalue weighted by atomic mass is 9.90. The first-order valence-electron chi connectivity index (χ1n) is 9.09. The molecule has 1 N–H and O–H groups in total. The summed E-state index contributed by atoms with van der Waals surface area (Å²) in [5.74, 6) is 0.663. The van der Waals surface area contributed by atoms with Gasteiger partial charge in [-0.2, -0.15) is 0 Å². The largest absolute Gasteiger partial charge is 0.419 e. The normalized spacial score (nSPS) is 17.8. The molecule has 0 spiro atoms. The van der Waals surface area contributed by atoms with E-state index >= 15 is 0 Å². The second-order valence-electron chi connectivity index (χ2n) is 7.01. The zero-order chi connectivity index (χ0) is 18.1. The molecule has 26 heavy (non-hydrogen) atoms. The number of para-hydroxylation sites is 2. The summed E-state index contributed by atoms with van der Waals surface area (Å²) in [7, 11) is 1.91. The summed E-state index contributed by atoms with van der Waals surface area (Å²) in [5, 5.41) is 10.6. The van der Waals surface area contributed by atoms with Crippen molar-refractivity contribution in [2.45, 2.75) is 25.5 Å². The standard InChI is InChI=1S/C19H24N4O3/c1-21-11-8-20-18(21)17(24)14-6-9-22(10-7-14)12-13-23-15-4-2-3-5-16(15)26-19(23)25/h2-5,8,11,14,17,24H,6-7,9-10,12-13H2,1H3. The number of fused-ring (bicyclic) bond motifs is 1. The number of aromatic nitrogens is 3. The van der Waals surface area contributed by atoms with Crippen LogP contribution in [0.3, 0.4) is 0 Å². The molecule has 138 valence electrons. The monoisotopic (exact) mass is 356 g/mol. The number of likely N-dealkylation sites (tertiary alicyclic amines) is 1. The van der Waals surface area contributed by atoms with Crippen LogP contribution in [0.5, 0.6) is 0 Å². The Labute approximate surface area is 151 Å². The Kier molecular flexibility index (Phi) is 4.65. The molecule has 0 aliphatic carbocycles. The zero-order valence-electron chi connectivity index (χ0n) is 14.9. The van der Waals surface area contributed by atoms with Crippen molar-refractivity contribution in [2.75, 3.05) is 19.6 Å². The van der Waals surface area contributed by atoms with Crippen molar-refractivity contribution in [1.29, 1.82) is 0 Å². The number of piperidine rings is 1. The molecule has 0 bridgehead atoms. The maximum Gasteiger partial charge on any atom is 0.419 e. The molecule has 1 aromatic carbocycles. The van der Waals surface area contributed by atoms with Gasteiger partial charge in [-0.3, -0.25) is 4.57 Å². The molecular weight excluding hydrogens is 332 g/mol. The Morgan fingerprint density at radius 2 is 2.04 bits per heavy atom. The van der Waals surface area contributed by atoms with Crippen LogP contribution in [0, 0.1) is 5.92 Å². The van der Waals surface area contributed by atoms with Crippen molar-refractivity contribution < 1.29 is 9.52 Å². The average molecular weight is 356 g/mol. The van der Waals surface area contributed by atoms with E-state index < -0.39 is 6.10 Å². The molecule has 1 saturated heterocycles. The molecule has 1 unspecified atom stereocenters. The molecule has 7 nitrogen and oxygen atoms in total. The molecular formula is C19H24N4O3. The third-order valence-corrected chi connectivity index (χ3v) is 5.42. The summed E-state index contributed by atoms with van der Waals surface area (Å²) >= 11 is 0. The first kappa shape index (κ1) is 17.1. The molecule has 0 amide bonds. The first-order chi connectivity index (χ1) is 12.6. The van der Waals surface area contributed by atoms with Crippen molar-refractivity contribution in [3.8, 4) is 0 Å². The van der Waals surface area contributed by atoms with Crippen LogP contribution in [0.15, 0.2) is 45.9 Å². The number of oxazole rings is 1. The van der Waals surface area contributed by atoms with Crippen LogP contribution < -0.4 is 5.76 Å². The highest BCUT2D eigenvalue weighted by Crippen LogP contribution is 2.29. The van der Waals surface area contributed by atoms with Crippen LogP contribution in [-0.4, -0.2) is 43.8 Å². The third kappa shape index (κ3) is 3.20.